The van der Waals surface area contributed by atoms with Gasteiger partial charge in [-0.15, -0.1) is 0 Å². The molecule has 128 valence electrons. The van der Waals surface area contributed by atoms with Crippen molar-refractivity contribution in [1.82, 2.24) is 0 Å². The highest BCUT2D eigenvalue weighted by molar-refractivity contribution is 7.80. The van der Waals surface area contributed by atoms with E-state index in [1.165, 1.54) is 0 Å². The number of anilines is 1. The normalized spacial score (nSPS) is 11.2. The van der Waals surface area contributed by atoms with E-state index in [0.29, 0.717) is 0 Å². The average Bonchev–Trinajstić information content (AvgIpc) is 2.44. The first kappa shape index (κ1) is 17.9. The van der Waals surface area contributed by atoms with Crippen molar-refractivity contribution in [3.8, 4) is 11.5 Å². The second-order valence-electron chi connectivity index (χ2n) is 4.47. The Morgan fingerprint density at radius 1 is 1.04 bits per heavy atom. The van der Waals surface area contributed by atoms with Gasteiger partial charge in [0.25, 0.3) is 0 Å². The highest BCUT2D eigenvalue weighted by Gasteiger charge is 2.33. The summed E-state index contributed by atoms with van der Waals surface area (Å²) < 4.78 is 83.7. The third kappa shape index (κ3) is 3.88. The fourth-order valence-electron chi connectivity index (χ4n) is 1.76. The van der Waals surface area contributed by atoms with E-state index in [1.807, 2.05) is 0 Å². The number of benzene rings is 2. The summed E-state index contributed by atoms with van der Waals surface area (Å²) in [5.74, 6) is -5.64. The Kier molecular flexibility index (Phi) is 4.88. The van der Waals surface area contributed by atoms with Gasteiger partial charge in [-0.2, -0.15) is 13.2 Å². The molecule has 2 aromatic carbocycles. The molecular weight excluding hydrogens is 358 g/mol. The summed E-state index contributed by atoms with van der Waals surface area (Å²) in [7, 11) is 0. The molecule has 0 saturated heterocycles. The Hall–Kier alpha value is -2.49. The quantitative estimate of drug-likeness (QED) is 0.617. The molecule has 3 N–H and O–H groups in total. The van der Waals surface area contributed by atoms with E-state index in [1.54, 1.807) is 0 Å². The highest BCUT2D eigenvalue weighted by atomic mass is 32.1. The lowest BCUT2D eigenvalue weighted by Gasteiger charge is -2.15. The Balaban J connectivity index is 2.46. The van der Waals surface area contributed by atoms with Crippen LogP contribution in [0.4, 0.5) is 32.0 Å². The molecule has 10 heteroatoms. The summed E-state index contributed by atoms with van der Waals surface area (Å²) >= 11 is 4.54. The van der Waals surface area contributed by atoms with Gasteiger partial charge in [0.2, 0.25) is 0 Å². The maximum Gasteiger partial charge on any atom is 0.416 e. The van der Waals surface area contributed by atoms with Gasteiger partial charge in [0.15, 0.2) is 34.1 Å². The van der Waals surface area contributed by atoms with Gasteiger partial charge < -0.3 is 15.8 Å². The molecule has 0 atom stereocenters. The minimum Gasteiger partial charge on any atom is -0.449 e. The molecule has 0 aliphatic carbocycles. The third-order valence-electron chi connectivity index (χ3n) is 2.76. The number of nitrogens with two attached hydrogens (primary N) is 1. The Morgan fingerprint density at radius 2 is 1.62 bits per heavy atom. The number of halogens is 6. The third-order valence-corrected chi connectivity index (χ3v) is 2.86. The van der Waals surface area contributed by atoms with Gasteiger partial charge in [0, 0.05) is 0 Å². The Labute approximate surface area is 137 Å². The fraction of sp³-hybridized carbons (Fsp3) is 0.0714. The zero-order chi connectivity index (χ0) is 18.1. The van der Waals surface area contributed by atoms with Crippen LogP contribution in [0.15, 0.2) is 30.3 Å². The molecule has 3 nitrogen and oxygen atoms in total. The fourth-order valence-corrected chi connectivity index (χ4v) is 1.87. The molecule has 24 heavy (non-hydrogen) atoms. The highest BCUT2D eigenvalue weighted by Crippen LogP contribution is 2.37. The number of nitrogens with one attached hydrogen (secondary N) is 1. The molecule has 0 saturated carbocycles. The van der Waals surface area contributed by atoms with Crippen molar-refractivity contribution < 1.29 is 31.1 Å². The van der Waals surface area contributed by atoms with Crippen LogP contribution >= 0.6 is 12.2 Å². The maximum absolute atomic E-state index is 13.8. The average molecular weight is 366 g/mol. The van der Waals surface area contributed by atoms with Crippen LogP contribution in [0.5, 0.6) is 11.5 Å². The molecule has 0 heterocycles. The van der Waals surface area contributed by atoms with Gasteiger partial charge in [0.1, 0.15) is 5.69 Å². The Morgan fingerprint density at radius 3 is 2.12 bits per heavy atom. The number of hydrogen-bond acceptors (Lipinski definition) is 2. The minimum atomic E-state index is -4.93. The van der Waals surface area contributed by atoms with Crippen LogP contribution in [0.25, 0.3) is 0 Å². The van der Waals surface area contributed by atoms with Crippen molar-refractivity contribution in [3.63, 3.8) is 0 Å². The number of rotatable bonds is 3. The van der Waals surface area contributed by atoms with Gasteiger partial charge in [-0.1, -0.05) is 6.07 Å². The maximum atomic E-state index is 13.8. The summed E-state index contributed by atoms with van der Waals surface area (Å²) in [6, 6.07) is 3.42. The summed E-state index contributed by atoms with van der Waals surface area (Å²) in [5, 5.41) is 1.87. The van der Waals surface area contributed by atoms with Gasteiger partial charge in [-0.05, 0) is 36.5 Å². The largest absolute Gasteiger partial charge is 0.449 e. The van der Waals surface area contributed by atoms with E-state index in [9.17, 15) is 26.3 Å². The molecule has 0 radical (unpaired) electrons. The second-order valence-corrected chi connectivity index (χ2v) is 4.91. The van der Waals surface area contributed by atoms with E-state index < -0.39 is 46.4 Å². The molecule has 0 spiro atoms. The number of thiocarbonyl (C=S) groups is 1. The predicted molar refractivity (Wildman–Crippen MR) is 78.2 cm³/mol. The van der Waals surface area contributed by atoms with Crippen LogP contribution in [0.3, 0.4) is 0 Å². The van der Waals surface area contributed by atoms with Crippen LogP contribution in [0, 0.1) is 17.5 Å². The predicted octanol–water partition coefficient (Wildman–Crippen LogP) is 4.57. The molecule has 0 bridgehead atoms. The van der Waals surface area contributed by atoms with Crippen LogP contribution in [0.2, 0.25) is 0 Å². The molecule has 0 aliphatic heterocycles. The first-order valence-electron chi connectivity index (χ1n) is 6.18. The molecular formula is C14H8F6N2OS. The van der Waals surface area contributed by atoms with E-state index >= 15 is 0 Å². The van der Waals surface area contributed by atoms with E-state index in [0.717, 1.165) is 18.2 Å². The Bertz CT molecular complexity index is 770. The van der Waals surface area contributed by atoms with Crippen molar-refractivity contribution in [3.05, 3.63) is 53.3 Å². The van der Waals surface area contributed by atoms with E-state index in [4.69, 9.17) is 10.5 Å². The summed E-state index contributed by atoms with van der Waals surface area (Å²) in [4.78, 5) is 0. The van der Waals surface area contributed by atoms with Crippen molar-refractivity contribution in [1.29, 1.82) is 0 Å². The molecule has 0 aliphatic rings. The monoisotopic (exact) mass is 366 g/mol. The zero-order valence-corrected chi connectivity index (χ0v) is 12.4. The second kappa shape index (κ2) is 6.56. The van der Waals surface area contributed by atoms with Crippen LogP contribution in [-0.2, 0) is 6.18 Å². The van der Waals surface area contributed by atoms with Gasteiger partial charge in [0.05, 0.1) is 5.56 Å². The summed E-state index contributed by atoms with van der Waals surface area (Å²) in [6.07, 6.45) is -4.93. The summed E-state index contributed by atoms with van der Waals surface area (Å²) in [6.45, 7) is 0. The molecule has 0 fully saturated rings. The van der Waals surface area contributed by atoms with E-state index in [2.05, 4.69) is 17.5 Å². The van der Waals surface area contributed by atoms with Gasteiger partial charge in [-0.25, -0.2) is 13.2 Å². The van der Waals surface area contributed by atoms with Crippen LogP contribution in [0.1, 0.15) is 5.56 Å². The minimum absolute atomic E-state index is 0.0678. The SMILES string of the molecule is NC(=S)Nc1c(F)cccc1Oc1c(F)cc(C(F)(F)F)cc1F. The first-order chi connectivity index (χ1) is 11.1. The number of ether oxygens (including phenoxy) is 1. The molecule has 0 amide bonds. The van der Waals surface area contributed by atoms with Crippen molar-refractivity contribution in [2.75, 3.05) is 5.32 Å². The summed E-state index contributed by atoms with van der Waals surface area (Å²) in [5.41, 5.74) is 3.27. The van der Waals surface area contributed by atoms with Crippen molar-refractivity contribution in [2.24, 2.45) is 5.73 Å². The molecule has 0 aromatic heterocycles. The standard InChI is InChI=1S/C14H8F6N2OS/c15-7-2-1-3-10(11(7)22-13(21)24)23-12-8(16)4-6(5-9(12)17)14(18,19)20/h1-5H,(H3,21,22,24). The lowest BCUT2D eigenvalue weighted by atomic mass is 10.2. The molecule has 0 unspecified atom stereocenters. The molecule has 2 aromatic rings. The van der Waals surface area contributed by atoms with Gasteiger partial charge in [-0.3, -0.25) is 0 Å². The lowest BCUT2D eigenvalue weighted by molar-refractivity contribution is -0.138. The van der Waals surface area contributed by atoms with Crippen LogP contribution < -0.4 is 15.8 Å². The lowest BCUT2D eigenvalue weighted by Crippen LogP contribution is -2.20. The zero-order valence-electron chi connectivity index (χ0n) is 11.5. The van der Waals surface area contributed by atoms with E-state index in [-0.39, 0.29) is 17.2 Å². The number of hydrogen-bond donors (Lipinski definition) is 2. The number of para-hydroxylation sites is 1. The number of alkyl halides is 3. The first-order valence-corrected chi connectivity index (χ1v) is 6.59. The van der Waals surface area contributed by atoms with Crippen LogP contribution in [-0.4, -0.2) is 5.11 Å². The smallest absolute Gasteiger partial charge is 0.416 e. The van der Waals surface area contributed by atoms with Gasteiger partial charge >= 0.3 is 6.18 Å². The van der Waals surface area contributed by atoms with Crippen molar-refractivity contribution >= 4 is 23.0 Å². The topological polar surface area (TPSA) is 47.3 Å². The van der Waals surface area contributed by atoms with Crippen molar-refractivity contribution in [2.45, 2.75) is 6.18 Å². The molecule has 2 rings (SSSR count).